The van der Waals surface area contributed by atoms with Crippen LogP contribution in [0.25, 0.3) is 22.4 Å². The number of fused-ring (bicyclic) bond motifs is 1. The van der Waals surface area contributed by atoms with E-state index in [0.717, 1.165) is 38.2 Å². The van der Waals surface area contributed by atoms with Crippen molar-refractivity contribution in [3.8, 4) is 11.3 Å². The van der Waals surface area contributed by atoms with Crippen LogP contribution < -0.4 is 10.9 Å². The molecule has 0 bridgehead atoms. The number of nitrogens with zero attached hydrogens (tertiary/aromatic N) is 4. The molecule has 3 rings (SSSR count). The van der Waals surface area contributed by atoms with E-state index in [0.29, 0.717) is 22.8 Å². The third-order valence-corrected chi connectivity index (χ3v) is 4.32. The maximum absolute atomic E-state index is 12.3. The van der Waals surface area contributed by atoms with E-state index in [4.69, 9.17) is 0 Å². The van der Waals surface area contributed by atoms with Gasteiger partial charge in [0.15, 0.2) is 5.65 Å². The predicted molar refractivity (Wildman–Crippen MR) is 104 cm³/mol. The highest BCUT2D eigenvalue weighted by Gasteiger charge is 2.09. The fraction of sp³-hybridized carbons (Fsp3) is 0.368. The summed E-state index contributed by atoms with van der Waals surface area (Å²) in [5.74, 6) is 0.502. The zero-order chi connectivity index (χ0) is 18.4. The molecule has 0 fully saturated rings. The van der Waals surface area contributed by atoms with Gasteiger partial charge in [0.25, 0.3) is 5.56 Å². The van der Waals surface area contributed by atoms with Crippen molar-refractivity contribution in [1.82, 2.24) is 24.8 Å². The van der Waals surface area contributed by atoms with Gasteiger partial charge in [-0.05, 0) is 26.1 Å². The van der Waals surface area contributed by atoms with Crippen molar-refractivity contribution in [2.75, 3.05) is 31.5 Å². The van der Waals surface area contributed by atoms with Crippen LogP contribution in [0.1, 0.15) is 20.3 Å². The highest BCUT2D eigenvalue weighted by Crippen LogP contribution is 2.14. The first-order valence-electron chi connectivity index (χ1n) is 9.00. The molecule has 0 aliphatic carbocycles. The standard InChI is InChI=1S/C19H24N6O/c1-3-25(4-2)12-8-11-20-19-21-13-15-17(24-19)23-18(26)16(22-15)14-9-6-5-7-10-14/h5-7,9-10,13H,3-4,8,11-12H2,1-2H3,(H2,20,21,23,24,26). The van der Waals surface area contributed by atoms with Crippen molar-refractivity contribution in [3.63, 3.8) is 0 Å². The van der Waals surface area contributed by atoms with E-state index in [1.54, 1.807) is 6.20 Å². The Labute approximate surface area is 152 Å². The Kier molecular flexibility index (Phi) is 5.91. The number of aromatic amines is 1. The number of hydrogen-bond donors (Lipinski definition) is 2. The topological polar surface area (TPSA) is 86.8 Å². The summed E-state index contributed by atoms with van der Waals surface area (Å²) in [7, 11) is 0. The lowest BCUT2D eigenvalue weighted by molar-refractivity contribution is 0.303. The second-order valence-corrected chi connectivity index (χ2v) is 6.02. The van der Waals surface area contributed by atoms with Gasteiger partial charge in [0.1, 0.15) is 11.2 Å². The molecule has 2 heterocycles. The summed E-state index contributed by atoms with van der Waals surface area (Å²) in [5.41, 5.74) is 1.90. The number of hydrogen-bond acceptors (Lipinski definition) is 6. The Balaban J connectivity index is 1.72. The summed E-state index contributed by atoms with van der Waals surface area (Å²) in [4.78, 5) is 30.6. The molecule has 0 aliphatic heterocycles. The number of H-pyrrole nitrogens is 1. The van der Waals surface area contributed by atoms with Gasteiger partial charge < -0.3 is 15.2 Å². The van der Waals surface area contributed by atoms with E-state index in [2.05, 4.69) is 44.0 Å². The van der Waals surface area contributed by atoms with Crippen LogP contribution in [0.4, 0.5) is 5.95 Å². The molecule has 7 heteroatoms. The minimum Gasteiger partial charge on any atom is -0.354 e. The molecule has 0 saturated heterocycles. The van der Waals surface area contributed by atoms with Crippen LogP contribution in [0.5, 0.6) is 0 Å². The number of anilines is 1. The Hall–Kier alpha value is -2.80. The molecule has 2 N–H and O–H groups in total. The SMILES string of the molecule is CCN(CC)CCCNc1ncc2nc(-c3ccccc3)c(=O)[nH]c2n1. The molecule has 3 aromatic rings. The second kappa shape index (κ2) is 8.53. The summed E-state index contributed by atoms with van der Waals surface area (Å²) in [5, 5.41) is 3.21. The maximum atomic E-state index is 12.3. The highest BCUT2D eigenvalue weighted by molar-refractivity contribution is 5.73. The number of nitrogens with one attached hydrogen (secondary N) is 2. The van der Waals surface area contributed by atoms with Crippen LogP contribution in [0, 0.1) is 0 Å². The first-order valence-corrected chi connectivity index (χ1v) is 9.00. The predicted octanol–water partition coefficient (Wildman–Crippen LogP) is 2.52. The van der Waals surface area contributed by atoms with Gasteiger partial charge in [-0.3, -0.25) is 4.79 Å². The average molecular weight is 352 g/mol. The van der Waals surface area contributed by atoms with Crippen molar-refractivity contribution in [2.24, 2.45) is 0 Å². The fourth-order valence-electron chi connectivity index (χ4n) is 2.81. The van der Waals surface area contributed by atoms with E-state index >= 15 is 0 Å². The molecule has 136 valence electrons. The minimum atomic E-state index is -0.255. The van der Waals surface area contributed by atoms with Crippen LogP contribution in [0.2, 0.25) is 0 Å². The molecule has 1 aromatic carbocycles. The summed E-state index contributed by atoms with van der Waals surface area (Å²) in [6.07, 6.45) is 2.64. The second-order valence-electron chi connectivity index (χ2n) is 6.02. The van der Waals surface area contributed by atoms with E-state index in [1.165, 1.54) is 0 Å². The molecule has 7 nitrogen and oxygen atoms in total. The van der Waals surface area contributed by atoms with Crippen molar-refractivity contribution >= 4 is 17.1 Å². The highest BCUT2D eigenvalue weighted by atomic mass is 16.1. The molecule has 0 spiro atoms. The third kappa shape index (κ3) is 4.23. The van der Waals surface area contributed by atoms with Gasteiger partial charge in [0, 0.05) is 12.1 Å². The molecule has 2 aromatic heterocycles. The molecule has 26 heavy (non-hydrogen) atoms. The molecule has 0 amide bonds. The molecule has 0 aliphatic rings. The van der Waals surface area contributed by atoms with Gasteiger partial charge in [-0.1, -0.05) is 44.2 Å². The van der Waals surface area contributed by atoms with Crippen LogP contribution in [-0.4, -0.2) is 51.0 Å². The third-order valence-electron chi connectivity index (χ3n) is 4.32. The van der Waals surface area contributed by atoms with E-state index in [9.17, 15) is 4.79 Å². The summed E-state index contributed by atoms with van der Waals surface area (Å²) >= 11 is 0. The first-order chi connectivity index (χ1) is 12.7. The van der Waals surface area contributed by atoms with E-state index in [-0.39, 0.29) is 5.56 Å². The summed E-state index contributed by atoms with van der Waals surface area (Å²) in [6, 6.07) is 9.37. The first kappa shape index (κ1) is 18.0. The van der Waals surface area contributed by atoms with Crippen LogP contribution in [0.15, 0.2) is 41.3 Å². The smallest absolute Gasteiger partial charge is 0.276 e. The largest absolute Gasteiger partial charge is 0.354 e. The quantitative estimate of drug-likeness (QED) is 0.606. The van der Waals surface area contributed by atoms with Gasteiger partial charge in [-0.2, -0.15) is 4.98 Å². The van der Waals surface area contributed by atoms with Crippen molar-refractivity contribution < 1.29 is 0 Å². The number of aromatic nitrogens is 4. The monoisotopic (exact) mass is 352 g/mol. The molecular formula is C19H24N6O. The Morgan fingerprint density at radius 1 is 1.12 bits per heavy atom. The van der Waals surface area contributed by atoms with E-state index < -0.39 is 0 Å². The summed E-state index contributed by atoms with van der Waals surface area (Å²) in [6.45, 7) is 8.25. The number of benzene rings is 1. The molecule has 0 atom stereocenters. The Morgan fingerprint density at radius 3 is 2.62 bits per heavy atom. The Bertz CT molecular complexity index is 905. The van der Waals surface area contributed by atoms with Gasteiger partial charge >= 0.3 is 0 Å². The average Bonchev–Trinajstić information content (AvgIpc) is 2.68. The molecule has 0 radical (unpaired) electrons. The summed E-state index contributed by atoms with van der Waals surface area (Å²) < 4.78 is 0. The normalized spacial score (nSPS) is 11.2. The van der Waals surface area contributed by atoms with Crippen molar-refractivity contribution in [3.05, 3.63) is 46.9 Å². The zero-order valence-electron chi connectivity index (χ0n) is 15.2. The minimum absolute atomic E-state index is 0.255. The van der Waals surface area contributed by atoms with Crippen molar-refractivity contribution in [1.29, 1.82) is 0 Å². The number of rotatable bonds is 8. The van der Waals surface area contributed by atoms with Gasteiger partial charge in [-0.25, -0.2) is 9.97 Å². The lowest BCUT2D eigenvalue weighted by Crippen LogP contribution is -2.25. The molecule has 0 saturated carbocycles. The van der Waals surface area contributed by atoms with Gasteiger partial charge in [-0.15, -0.1) is 0 Å². The fourth-order valence-corrected chi connectivity index (χ4v) is 2.81. The zero-order valence-corrected chi connectivity index (χ0v) is 15.2. The van der Waals surface area contributed by atoms with Crippen LogP contribution in [0.3, 0.4) is 0 Å². The Morgan fingerprint density at radius 2 is 1.88 bits per heavy atom. The molecular weight excluding hydrogens is 328 g/mol. The van der Waals surface area contributed by atoms with Crippen LogP contribution in [-0.2, 0) is 0 Å². The van der Waals surface area contributed by atoms with Crippen LogP contribution >= 0.6 is 0 Å². The lowest BCUT2D eigenvalue weighted by atomic mass is 10.1. The van der Waals surface area contributed by atoms with Gasteiger partial charge in [0.2, 0.25) is 5.95 Å². The molecule has 0 unspecified atom stereocenters. The van der Waals surface area contributed by atoms with E-state index in [1.807, 2.05) is 30.3 Å². The maximum Gasteiger partial charge on any atom is 0.276 e. The van der Waals surface area contributed by atoms with Gasteiger partial charge in [0.05, 0.1) is 6.20 Å². The van der Waals surface area contributed by atoms with Crippen molar-refractivity contribution in [2.45, 2.75) is 20.3 Å². The lowest BCUT2D eigenvalue weighted by Gasteiger charge is -2.17.